The van der Waals surface area contributed by atoms with Gasteiger partial charge >= 0.3 is 11.7 Å². The summed E-state index contributed by atoms with van der Waals surface area (Å²) in [5.74, 6) is -0.516. The van der Waals surface area contributed by atoms with Crippen LogP contribution in [0.2, 0.25) is 0 Å². The van der Waals surface area contributed by atoms with Gasteiger partial charge in [0.2, 0.25) is 0 Å². The van der Waals surface area contributed by atoms with Crippen LogP contribution < -0.4 is 11.2 Å². The second-order valence-corrected chi connectivity index (χ2v) is 7.16. The number of aromatic nitrogens is 2. The average molecular weight is 384 g/mol. The fourth-order valence-electron chi connectivity index (χ4n) is 2.98. The molecule has 1 aliphatic heterocycles. The maximum absolute atomic E-state index is 12.4. The Balaban J connectivity index is 2.44. The number of carbonyl (C=O) groups is 1. The molecule has 1 aromatic rings. The van der Waals surface area contributed by atoms with Crippen molar-refractivity contribution in [3.63, 3.8) is 0 Å². The molecule has 2 heterocycles. The minimum absolute atomic E-state index is 0.0273. The molecule has 0 saturated carbocycles. The third-order valence-corrected chi connectivity index (χ3v) is 4.08. The van der Waals surface area contributed by atoms with Gasteiger partial charge in [0, 0.05) is 20.2 Å². The van der Waals surface area contributed by atoms with Gasteiger partial charge in [0.05, 0.1) is 24.4 Å². The molecule has 2 rings (SSSR count). The molecule has 9 heteroatoms. The number of nitrogens with one attached hydrogen (secondary N) is 1. The molecule has 1 aromatic heterocycles. The number of aryl methyl sites for hydroxylation is 1. The average Bonchev–Trinajstić information content (AvgIpc) is 2.85. The standard InChI is InChI=1S/C18H28N2O7/c1-9(2)24-8-13-15(25-10(3)4)16(26-11(5)21)14(27-13)12-7-20(6)18(23)19-17(12)22/h7,9-10,13-16H,8H2,1-6H3,(H,19,22,23)/t13-,14+,15?,16-/m1/s1. The molecule has 1 fully saturated rings. The maximum atomic E-state index is 12.4. The van der Waals surface area contributed by atoms with Crippen LogP contribution >= 0.6 is 0 Å². The van der Waals surface area contributed by atoms with Crippen LogP contribution in [0.4, 0.5) is 0 Å². The van der Waals surface area contributed by atoms with Crippen molar-refractivity contribution in [3.05, 3.63) is 32.6 Å². The molecule has 0 spiro atoms. The molecule has 1 saturated heterocycles. The van der Waals surface area contributed by atoms with Crippen LogP contribution in [0.25, 0.3) is 0 Å². The number of hydrogen-bond donors (Lipinski definition) is 1. The highest BCUT2D eigenvalue weighted by Crippen LogP contribution is 2.36. The predicted octanol–water partition coefficient (Wildman–Crippen LogP) is 0.664. The Kier molecular flexibility index (Phi) is 6.96. The molecule has 9 nitrogen and oxygen atoms in total. The molecule has 0 radical (unpaired) electrons. The van der Waals surface area contributed by atoms with Gasteiger partial charge in [-0.3, -0.25) is 14.6 Å². The van der Waals surface area contributed by atoms with Crippen LogP contribution in [-0.4, -0.2) is 52.6 Å². The number of rotatable bonds is 7. The lowest BCUT2D eigenvalue weighted by atomic mass is 10.0. The molecule has 0 aliphatic carbocycles. The first-order valence-electron chi connectivity index (χ1n) is 8.99. The Morgan fingerprint density at radius 3 is 2.44 bits per heavy atom. The van der Waals surface area contributed by atoms with Gasteiger partial charge in [0.1, 0.15) is 18.3 Å². The molecule has 0 bridgehead atoms. The van der Waals surface area contributed by atoms with Crippen molar-refractivity contribution in [2.24, 2.45) is 7.05 Å². The summed E-state index contributed by atoms with van der Waals surface area (Å²) in [6.45, 7) is 9.01. The highest BCUT2D eigenvalue weighted by atomic mass is 16.6. The molecular weight excluding hydrogens is 356 g/mol. The predicted molar refractivity (Wildman–Crippen MR) is 96.6 cm³/mol. The molecule has 27 heavy (non-hydrogen) atoms. The van der Waals surface area contributed by atoms with E-state index in [0.717, 1.165) is 0 Å². The lowest BCUT2D eigenvalue weighted by Crippen LogP contribution is -2.41. The van der Waals surface area contributed by atoms with E-state index >= 15 is 0 Å². The van der Waals surface area contributed by atoms with E-state index in [2.05, 4.69) is 4.98 Å². The minimum Gasteiger partial charge on any atom is -0.457 e. The van der Waals surface area contributed by atoms with Gasteiger partial charge in [-0.2, -0.15) is 0 Å². The normalized spacial score (nSPS) is 25.3. The van der Waals surface area contributed by atoms with Crippen LogP contribution in [0.3, 0.4) is 0 Å². The summed E-state index contributed by atoms with van der Waals surface area (Å²) >= 11 is 0. The highest BCUT2D eigenvalue weighted by molar-refractivity contribution is 5.66. The van der Waals surface area contributed by atoms with Crippen molar-refractivity contribution in [2.45, 2.75) is 71.2 Å². The van der Waals surface area contributed by atoms with E-state index in [4.69, 9.17) is 18.9 Å². The van der Waals surface area contributed by atoms with Crippen LogP contribution in [0.15, 0.2) is 15.8 Å². The zero-order chi connectivity index (χ0) is 20.3. The third kappa shape index (κ3) is 5.27. The van der Waals surface area contributed by atoms with Crippen molar-refractivity contribution < 1.29 is 23.7 Å². The molecule has 1 aliphatic rings. The van der Waals surface area contributed by atoms with Gasteiger partial charge in [-0.1, -0.05) is 0 Å². The van der Waals surface area contributed by atoms with E-state index in [1.165, 1.54) is 24.7 Å². The van der Waals surface area contributed by atoms with Gasteiger partial charge in [0.25, 0.3) is 5.56 Å². The Labute approximate surface area is 157 Å². The summed E-state index contributed by atoms with van der Waals surface area (Å²) in [6, 6.07) is 0. The number of hydrogen-bond acceptors (Lipinski definition) is 7. The minimum atomic E-state index is -0.881. The van der Waals surface area contributed by atoms with E-state index in [-0.39, 0.29) is 24.4 Å². The van der Waals surface area contributed by atoms with E-state index < -0.39 is 41.6 Å². The molecule has 1 unspecified atom stereocenters. The van der Waals surface area contributed by atoms with E-state index in [1.54, 1.807) is 0 Å². The molecular formula is C18H28N2O7. The second kappa shape index (κ2) is 8.81. The zero-order valence-electron chi connectivity index (χ0n) is 16.6. The fourth-order valence-corrected chi connectivity index (χ4v) is 2.98. The summed E-state index contributed by atoms with van der Waals surface area (Å²) in [4.78, 5) is 37.9. The fraction of sp³-hybridized carbons (Fsp3) is 0.722. The molecule has 0 aromatic carbocycles. The topological polar surface area (TPSA) is 109 Å². The first kappa shape index (κ1) is 21.3. The van der Waals surface area contributed by atoms with Gasteiger partial charge in [0.15, 0.2) is 6.10 Å². The third-order valence-electron chi connectivity index (χ3n) is 4.08. The Bertz CT molecular complexity index is 768. The summed E-state index contributed by atoms with van der Waals surface area (Å²) in [5, 5.41) is 0. The van der Waals surface area contributed by atoms with E-state index in [0.29, 0.717) is 0 Å². The number of aromatic amines is 1. The summed E-state index contributed by atoms with van der Waals surface area (Å²) in [5.41, 5.74) is -0.942. The number of carbonyl (C=O) groups excluding carboxylic acids is 1. The van der Waals surface area contributed by atoms with Crippen LogP contribution in [0.5, 0.6) is 0 Å². The first-order valence-corrected chi connectivity index (χ1v) is 8.99. The van der Waals surface area contributed by atoms with Crippen LogP contribution in [0.1, 0.15) is 46.3 Å². The van der Waals surface area contributed by atoms with E-state index in [9.17, 15) is 14.4 Å². The Morgan fingerprint density at radius 1 is 1.22 bits per heavy atom. The smallest absolute Gasteiger partial charge is 0.328 e. The maximum Gasteiger partial charge on any atom is 0.328 e. The largest absolute Gasteiger partial charge is 0.457 e. The zero-order valence-corrected chi connectivity index (χ0v) is 16.6. The molecule has 0 amide bonds. The van der Waals surface area contributed by atoms with Crippen LogP contribution in [0, 0.1) is 0 Å². The van der Waals surface area contributed by atoms with Crippen molar-refractivity contribution in [2.75, 3.05) is 6.61 Å². The van der Waals surface area contributed by atoms with Gasteiger partial charge in [-0.15, -0.1) is 0 Å². The number of nitrogens with zero attached hydrogens (tertiary/aromatic N) is 1. The quantitative estimate of drug-likeness (QED) is 0.688. The lowest BCUT2D eigenvalue weighted by Gasteiger charge is -2.26. The Morgan fingerprint density at radius 2 is 1.89 bits per heavy atom. The molecule has 4 atom stereocenters. The Hall–Kier alpha value is -1.97. The lowest BCUT2D eigenvalue weighted by molar-refractivity contribution is -0.157. The van der Waals surface area contributed by atoms with Gasteiger partial charge in [-0.25, -0.2) is 4.79 Å². The highest BCUT2D eigenvalue weighted by Gasteiger charge is 2.49. The summed E-state index contributed by atoms with van der Waals surface area (Å²) in [7, 11) is 1.51. The second-order valence-electron chi connectivity index (χ2n) is 7.16. The summed E-state index contributed by atoms with van der Waals surface area (Å²) in [6.07, 6.45) is -1.68. The van der Waals surface area contributed by atoms with Crippen molar-refractivity contribution in [1.82, 2.24) is 9.55 Å². The van der Waals surface area contributed by atoms with Crippen molar-refractivity contribution >= 4 is 5.97 Å². The SMILES string of the molecule is CC(=O)O[C@H]1C(OC(C)C)[C@@H](COC(C)C)O[C@H]1c1cn(C)c(=O)[nH]c1=O. The first-order chi connectivity index (χ1) is 12.6. The summed E-state index contributed by atoms with van der Waals surface area (Å²) < 4.78 is 24.4. The number of H-pyrrole nitrogens is 1. The van der Waals surface area contributed by atoms with Gasteiger partial charge in [-0.05, 0) is 27.7 Å². The van der Waals surface area contributed by atoms with Gasteiger partial charge < -0.3 is 23.5 Å². The van der Waals surface area contributed by atoms with Crippen molar-refractivity contribution in [1.29, 1.82) is 0 Å². The van der Waals surface area contributed by atoms with Crippen molar-refractivity contribution in [3.8, 4) is 0 Å². The van der Waals surface area contributed by atoms with Crippen LogP contribution in [-0.2, 0) is 30.8 Å². The molecule has 1 N–H and O–H groups in total. The molecule has 152 valence electrons. The number of ether oxygens (including phenoxy) is 4. The van der Waals surface area contributed by atoms with E-state index in [1.807, 2.05) is 27.7 Å². The monoisotopic (exact) mass is 384 g/mol. The number of esters is 1.